The first-order valence-corrected chi connectivity index (χ1v) is 6.07. The van der Waals surface area contributed by atoms with Crippen LogP contribution in [0.25, 0.3) is 0 Å². The molecule has 0 atom stereocenters. The van der Waals surface area contributed by atoms with Crippen molar-refractivity contribution < 1.29 is 32.6 Å². The van der Waals surface area contributed by atoms with E-state index >= 15 is 0 Å². The first-order valence-electron chi connectivity index (χ1n) is 6.07. The van der Waals surface area contributed by atoms with E-state index in [2.05, 4.69) is 5.32 Å². The molecule has 21 heavy (non-hydrogen) atoms. The van der Waals surface area contributed by atoms with Gasteiger partial charge in [-0.3, -0.25) is 4.79 Å². The third kappa shape index (κ3) is 5.07. The van der Waals surface area contributed by atoms with Crippen molar-refractivity contribution in [1.82, 2.24) is 0 Å². The Morgan fingerprint density at radius 1 is 1.33 bits per heavy atom. The van der Waals surface area contributed by atoms with Gasteiger partial charge >= 0.3 is 12.1 Å². The van der Waals surface area contributed by atoms with Crippen molar-refractivity contribution in [3.63, 3.8) is 0 Å². The number of carboxylic acid groups (broad SMARTS) is 1. The zero-order chi connectivity index (χ0) is 16.0. The molecule has 2 N–H and O–H groups in total. The number of carboxylic acids is 1. The predicted octanol–water partition coefficient (Wildman–Crippen LogP) is 2.77. The number of halogens is 3. The molecule has 0 saturated heterocycles. The van der Waals surface area contributed by atoms with Crippen LogP contribution in [0.5, 0.6) is 0 Å². The monoisotopic (exact) mass is 305 g/mol. The largest absolute Gasteiger partial charge is 0.478 e. The van der Waals surface area contributed by atoms with Crippen molar-refractivity contribution in [2.24, 2.45) is 0 Å². The summed E-state index contributed by atoms with van der Waals surface area (Å²) in [5, 5.41) is 11.2. The van der Waals surface area contributed by atoms with Crippen LogP contribution in [0.4, 0.5) is 18.9 Å². The lowest BCUT2D eigenvalue weighted by atomic mass is 10.1. The molecule has 0 radical (unpaired) electrons. The fraction of sp³-hybridized carbons (Fsp3) is 0.385. The molecule has 0 saturated carbocycles. The molecule has 0 aliphatic carbocycles. The first kappa shape index (κ1) is 17.0. The van der Waals surface area contributed by atoms with Crippen LogP contribution in [-0.4, -0.2) is 30.2 Å². The van der Waals surface area contributed by atoms with E-state index in [1.807, 2.05) is 6.92 Å². The third-order valence-electron chi connectivity index (χ3n) is 2.43. The van der Waals surface area contributed by atoms with E-state index in [-0.39, 0.29) is 12.3 Å². The number of hydrogen-bond donors (Lipinski definition) is 2. The van der Waals surface area contributed by atoms with Crippen molar-refractivity contribution in [2.75, 3.05) is 18.5 Å². The minimum absolute atomic E-state index is 0.208. The SMILES string of the molecule is CCCOCC(=O)Nc1ccc(C(F)(F)F)cc1C(=O)O. The maximum atomic E-state index is 12.5. The van der Waals surface area contributed by atoms with Crippen LogP contribution in [0.15, 0.2) is 18.2 Å². The Labute approximate surface area is 118 Å². The number of benzene rings is 1. The molecule has 1 rings (SSSR count). The molecule has 1 aromatic carbocycles. The third-order valence-corrected chi connectivity index (χ3v) is 2.43. The molecule has 8 heteroatoms. The number of amides is 1. The summed E-state index contributed by atoms with van der Waals surface area (Å²) in [6.45, 7) is 1.90. The van der Waals surface area contributed by atoms with Crippen molar-refractivity contribution in [2.45, 2.75) is 19.5 Å². The molecule has 0 aromatic heterocycles. The summed E-state index contributed by atoms with van der Waals surface area (Å²) in [5.74, 6) is -2.20. The van der Waals surface area contributed by atoms with Gasteiger partial charge in [0, 0.05) is 6.61 Å². The van der Waals surface area contributed by atoms with Crippen LogP contribution in [0.1, 0.15) is 29.3 Å². The van der Waals surface area contributed by atoms with E-state index in [4.69, 9.17) is 9.84 Å². The van der Waals surface area contributed by atoms with Gasteiger partial charge in [-0.25, -0.2) is 4.79 Å². The molecular weight excluding hydrogens is 291 g/mol. The average molecular weight is 305 g/mol. The minimum atomic E-state index is -4.66. The van der Waals surface area contributed by atoms with Gasteiger partial charge in [0.25, 0.3) is 0 Å². The summed E-state index contributed by atoms with van der Waals surface area (Å²) in [4.78, 5) is 22.5. The molecule has 0 heterocycles. The second kappa shape index (κ2) is 7.07. The summed E-state index contributed by atoms with van der Waals surface area (Å²) < 4.78 is 42.5. The zero-order valence-corrected chi connectivity index (χ0v) is 11.2. The highest BCUT2D eigenvalue weighted by molar-refractivity contribution is 6.01. The summed E-state index contributed by atoms with van der Waals surface area (Å²) in [7, 11) is 0. The number of carbonyl (C=O) groups excluding carboxylic acids is 1. The molecule has 1 amide bonds. The van der Waals surface area contributed by atoms with E-state index in [0.29, 0.717) is 25.2 Å². The maximum Gasteiger partial charge on any atom is 0.416 e. The van der Waals surface area contributed by atoms with E-state index in [1.165, 1.54) is 0 Å². The Morgan fingerprint density at radius 3 is 2.52 bits per heavy atom. The second-order valence-electron chi connectivity index (χ2n) is 4.16. The summed E-state index contributed by atoms with van der Waals surface area (Å²) in [6.07, 6.45) is -3.95. The average Bonchev–Trinajstić information content (AvgIpc) is 2.37. The van der Waals surface area contributed by atoms with E-state index in [0.717, 1.165) is 6.07 Å². The lowest BCUT2D eigenvalue weighted by Gasteiger charge is -2.12. The number of hydrogen-bond acceptors (Lipinski definition) is 3. The second-order valence-corrected chi connectivity index (χ2v) is 4.16. The first-order chi connectivity index (χ1) is 9.75. The lowest BCUT2D eigenvalue weighted by Crippen LogP contribution is -2.20. The van der Waals surface area contributed by atoms with Crippen LogP contribution in [0.2, 0.25) is 0 Å². The highest BCUT2D eigenvalue weighted by Gasteiger charge is 2.32. The Morgan fingerprint density at radius 2 is 2.00 bits per heavy atom. The van der Waals surface area contributed by atoms with Crippen molar-refractivity contribution in [3.8, 4) is 0 Å². The number of anilines is 1. The van der Waals surface area contributed by atoms with Gasteiger partial charge in [0.2, 0.25) is 5.91 Å². The number of ether oxygens (including phenoxy) is 1. The maximum absolute atomic E-state index is 12.5. The number of nitrogens with one attached hydrogen (secondary N) is 1. The molecule has 0 spiro atoms. The molecule has 0 unspecified atom stereocenters. The highest BCUT2D eigenvalue weighted by atomic mass is 19.4. The van der Waals surface area contributed by atoms with E-state index < -0.39 is 29.2 Å². The normalized spacial score (nSPS) is 11.2. The molecule has 0 bridgehead atoms. The van der Waals surface area contributed by atoms with Gasteiger partial charge in [-0.15, -0.1) is 0 Å². The van der Waals surface area contributed by atoms with E-state index in [9.17, 15) is 22.8 Å². The number of carbonyl (C=O) groups is 2. The molecule has 0 fully saturated rings. The number of aromatic carboxylic acids is 1. The molecule has 0 aliphatic heterocycles. The summed E-state index contributed by atoms with van der Waals surface area (Å²) >= 11 is 0. The number of alkyl halides is 3. The van der Waals surface area contributed by atoms with Gasteiger partial charge in [0.05, 0.1) is 16.8 Å². The Bertz CT molecular complexity index is 529. The zero-order valence-electron chi connectivity index (χ0n) is 11.2. The van der Waals surface area contributed by atoms with Gasteiger partial charge in [0.15, 0.2) is 0 Å². The van der Waals surface area contributed by atoms with Gasteiger partial charge < -0.3 is 15.2 Å². The van der Waals surface area contributed by atoms with Gasteiger partial charge in [-0.2, -0.15) is 13.2 Å². The van der Waals surface area contributed by atoms with Crippen molar-refractivity contribution in [1.29, 1.82) is 0 Å². The lowest BCUT2D eigenvalue weighted by molar-refractivity contribution is -0.137. The van der Waals surface area contributed by atoms with Crippen LogP contribution < -0.4 is 5.32 Å². The molecule has 0 aliphatic rings. The fourth-order valence-corrected chi connectivity index (χ4v) is 1.50. The van der Waals surface area contributed by atoms with Crippen LogP contribution in [-0.2, 0) is 15.7 Å². The van der Waals surface area contributed by atoms with Crippen LogP contribution in [0, 0.1) is 0 Å². The Kier molecular flexibility index (Phi) is 5.71. The highest BCUT2D eigenvalue weighted by Crippen LogP contribution is 2.31. The Balaban J connectivity index is 2.92. The number of rotatable bonds is 6. The minimum Gasteiger partial charge on any atom is -0.478 e. The van der Waals surface area contributed by atoms with E-state index in [1.54, 1.807) is 0 Å². The standard InChI is InChI=1S/C13H14F3NO4/c1-2-5-21-7-11(18)17-10-4-3-8(13(14,15)16)6-9(10)12(19)20/h3-4,6H,2,5,7H2,1H3,(H,17,18)(H,19,20). The molecular formula is C13H14F3NO4. The quantitative estimate of drug-likeness (QED) is 0.792. The predicted molar refractivity (Wildman–Crippen MR) is 68.1 cm³/mol. The summed E-state index contributed by atoms with van der Waals surface area (Å²) in [5.41, 5.74) is -1.94. The van der Waals surface area contributed by atoms with Crippen molar-refractivity contribution >= 4 is 17.6 Å². The topological polar surface area (TPSA) is 75.6 Å². The van der Waals surface area contributed by atoms with Gasteiger partial charge in [0.1, 0.15) is 6.61 Å². The van der Waals surface area contributed by atoms with Gasteiger partial charge in [-0.05, 0) is 24.6 Å². The molecule has 5 nitrogen and oxygen atoms in total. The molecule has 1 aromatic rings. The fourth-order valence-electron chi connectivity index (χ4n) is 1.50. The van der Waals surface area contributed by atoms with Crippen molar-refractivity contribution in [3.05, 3.63) is 29.3 Å². The van der Waals surface area contributed by atoms with Crippen LogP contribution >= 0.6 is 0 Å². The Hall–Kier alpha value is -2.09. The molecule has 116 valence electrons. The van der Waals surface area contributed by atoms with Crippen LogP contribution in [0.3, 0.4) is 0 Å². The summed E-state index contributed by atoms with van der Waals surface area (Å²) in [6, 6.07) is 2.09. The van der Waals surface area contributed by atoms with Gasteiger partial charge in [-0.1, -0.05) is 6.92 Å². The smallest absolute Gasteiger partial charge is 0.416 e.